The summed E-state index contributed by atoms with van der Waals surface area (Å²) in [5.74, 6) is 0.853. The Labute approximate surface area is 196 Å². The highest BCUT2D eigenvalue weighted by atomic mass is 35.5. The molecule has 3 aromatic rings. The number of carbonyl (C=O) groups excluding carboxylic acids is 1. The first-order chi connectivity index (χ1) is 15.6. The van der Waals surface area contributed by atoms with Gasteiger partial charge in [0.2, 0.25) is 11.1 Å². The fraction of sp³-hybridized carbons (Fsp3) is 0.304. The highest BCUT2D eigenvalue weighted by Crippen LogP contribution is 2.37. The number of rotatable bonds is 8. The number of pyridine rings is 1. The summed E-state index contributed by atoms with van der Waals surface area (Å²) >= 11 is 7.77. The summed E-state index contributed by atoms with van der Waals surface area (Å²) in [6.07, 6.45) is 5.22. The molecule has 1 aliphatic heterocycles. The predicted molar refractivity (Wildman–Crippen MR) is 126 cm³/mol. The van der Waals surface area contributed by atoms with E-state index in [4.69, 9.17) is 21.4 Å². The highest BCUT2D eigenvalue weighted by molar-refractivity contribution is 7.98. The predicted octanol–water partition coefficient (Wildman–Crippen LogP) is 5.25. The van der Waals surface area contributed by atoms with E-state index in [1.54, 1.807) is 17.1 Å². The monoisotopic (exact) mass is 469 g/mol. The molecule has 4 rings (SSSR count). The number of nitrogens with zero attached hydrogens (tertiary/aromatic N) is 4. The molecule has 9 heteroatoms. The summed E-state index contributed by atoms with van der Waals surface area (Å²) in [6, 6.07) is 11.0. The first-order valence-electron chi connectivity index (χ1n) is 10.5. The van der Waals surface area contributed by atoms with E-state index in [2.05, 4.69) is 22.2 Å². The number of ether oxygens (including phenoxy) is 1. The van der Waals surface area contributed by atoms with E-state index in [1.165, 1.54) is 11.8 Å². The van der Waals surface area contributed by atoms with Crippen molar-refractivity contribution in [2.45, 2.75) is 43.6 Å². The standard InChI is InChI=1S/C23H24ClN5O2S/c1-3-4-12-31-21(30)19-15(2)26-22-27-23(32-14-17-8-5-6-10-18(17)24)28-29(22)20(19)16-9-7-11-25-13-16/h5-11,13,20H,3-4,12,14H2,1-2H3,(H,26,27,28). The molecule has 0 spiro atoms. The van der Waals surface area contributed by atoms with Crippen molar-refractivity contribution < 1.29 is 9.53 Å². The smallest absolute Gasteiger partial charge is 0.338 e. The normalized spacial score (nSPS) is 15.3. The first kappa shape index (κ1) is 22.4. The molecule has 0 saturated heterocycles. The van der Waals surface area contributed by atoms with E-state index in [0.29, 0.717) is 39.8 Å². The van der Waals surface area contributed by atoms with Crippen LogP contribution in [-0.4, -0.2) is 32.3 Å². The van der Waals surface area contributed by atoms with Gasteiger partial charge >= 0.3 is 5.97 Å². The lowest BCUT2D eigenvalue weighted by Gasteiger charge is -2.27. The number of hydrogen-bond acceptors (Lipinski definition) is 7. The van der Waals surface area contributed by atoms with Crippen LogP contribution in [0.4, 0.5) is 5.95 Å². The lowest BCUT2D eigenvalue weighted by molar-refractivity contribution is -0.139. The number of fused-ring (bicyclic) bond motifs is 1. The van der Waals surface area contributed by atoms with Gasteiger partial charge in [0.25, 0.3) is 0 Å². The number of allylic oxidation sites excluding steroid dienone is 1. The average molecular weight is 470 g/mol. The van der Waals surface area contributed by atoms with Crippen LogP contribution >= 0.6 is 23.4 Å². The van der Waals surface area contributed by atoms with Gasteiger partial charge in [-0.25, -0.2) is 9.48 Å². The molecule has 1 atom stereocenters. The number of aromatic nitrogens is 4. The molecule has 166 valence electrons. The minimum absolute atomic E-state index is 0.358. The number of anilines is 1. The molecule has 0 aliphatic carbocycles. The van der Waals surface area contributed by atoms with Gasteiger partial charge in [0.15, 0.2) is 0 Å². The second-order valence-corrected chi connectivity index (χ2v) is 8.73. The van der Waals surface area contributed by atoms with Crippen molar-refractivity contribution in [1.82, 2.24) is 19.7 Å². The SMILES string of the molecule is CCCCOC(=O)C1=C(C)Nc2nc(SCc3ccccc3Cl)nn2C1c1cccnc1. The third-order valence-electron chi connectivity index (χ3n) is 5.10. The summed E-state index contributed by atoms with van der Waals surface area (Å²) in [5.41, 5.74) is 3.06. The maximum atomic E-state index is 13.0. The van der Waals surface area contributed by atoms with Crippen molar-refractivity contribution in [3.05, 3.63) is 76.2 Å². The second kappa shape index (κ2) is 10.2. The van der Waals surface area contributed by atoms with Crippen LogP contribution in [0.15, 0.2) is 65.2 Å². The van der Waals surface area contributed by atoms with E-state index >= 15 is 0 Å². The summed E-state index contributed by atoms with van der Waals surface area (Å²) < 4.78 is 7.28. The van der Waals surface area contributed by atoms with Crippen molar-refractivity contribution in [3.8, 4) is 0 Å². The lowest BCUT2D eigenvalue weighted by atomic mass is 9.97. The van der Waals surface area contributed by atoms with Crippen LogP contribution in [0.2, 0.25) is 5.02 Å². The summed E-state index contributed by atoms with van der Waals surface area (Å²) in [7, 11) is 0. The summed E-state index contributed by atoms with van der Waals surface area (Å²) in [5, 5.41) is 9.23. The molecule has 1 N–H and O–H groups in total. The van der Waals surface area contributed by atoms with E-state index in [-0.39, 0.29) is 5.97 Å². The minimum Gasteiger partial charge on any atom is -0.462 e. The van der Waals surface area contributed by atoms with Gasteiger partial charge in [0.1, 0.15) is 6.04 Å². The van der Waals surface area contributed by atoms with Crippen molar-refractivity contribution in [2.24, 2.45) is 0 Å². The number of nitrogens with one attached hydrogen (secondary N) is 1. The van der Waals surface area contributed by atoms with Gasteiger partial charge in [-0.05, 0) is 36.6 Å². The molecule has 1 aromatic carbocycles. The van der Waals surface area contributed by atoms with Gasteiger partial charge in [-0.3, -0.25) is 4.98 Å². The van der Waals surface area contributed by atoms with Crippen molar-refractivity contribution in [3.63, 3.8) is 0 Å². The van der Waals surface area contributed by atoms with Gasteiger partial charge in [-0.15, -0.1) is 5.10 Å². The number of benzene rings is 1. The molecule has 1 aliphatic rings. The Morgan fingerprint density at radius 1 is 1.28 bits per heavy atom. The zero-order valence-corrected chi connectivity index (χ0v) is 19.5. The number of halogens is 1. The Morgan fingerprint density at radius 2 is 2.12 bits per heavy atom. The molecule has 1 unspecified atom stereocenters. The highest BCUT2D eigenvalue weighted by Gasteiger charge is 2.35. The number of unbranched alkanes of at least 4 members (excludes halogenated alkanes) is 1. The largest absolute Gasteiger partial charge is 0.462 e. The second-order valence-electron chi connectivity index (χ2n) is 7.38. The summed E-state index contributed by atoms with van der Waals surface area (Å²) in [4.78, 5) is 21.9. The molecule has 0 fully saturated rings. The van der Waals surface area contributed by atoms with Gasteiger partial charge in [0.05, 0.1) is 12.2 Å². The molecule has 3 heterocycles. The quantitative estimate of drug-likeness (QED) is 0.274. The van der Waals surface area contributed by atoms with E-state index < -0.39 is 6.04 Å². The molecule has 7 nitrogen and oxygen atoms in total. The Bertz CT molecular complexity index is 1130. The van der Waals surface area contributed by atoms with Crippen molar-refractivity contribution in [1.29, 1.82) is 0 Å². The third kappa shape index (κ3) is 4.81. The number of esters is 1. The van der Waals surface area contributed by atoms with E-state index in [1.807, 2.05) is 43.3 Å². The van der Waals surface area contributed by atoms with Crippen LogP contribution in [0.25, 0.3) is 0 Å². The number of hydrogen-bond donors (Lipinski definition) is 1. The van der Waals surface area contributed by atoms with E-state index in [9.17, 15) is 4.79 Å². The van der Waals surface area contributed by atoms with Gasteiger partial charge in [-0.2, -0.15) is 4.98 Å². The Morgan fingerprint density at radius 3 is 2.88 bits per heavy atom. The van der Waals surface area contributed by atoms with Crippen molar-refractivity contribution >= 4 is 35.3 Å². The topological polar surface area (TPSA) is 81.9 Å². The minimum atomic E-state index is -0.476. The van der Waals surface area contributed by atoms with Crippen LogP contribution in [0.3, 0.4) is 0 Å². The zero-order valence-electron chi connectivity index (χ0n) is 17.9. The molecule has 0 amide bonds. The summed E-state index contributed by atoms with van der Waals surface area (Å²) in [6.45, 7) is 4.30. The average Bonchev–Trinajstić information content (AvgIpc) is 3.20. The van der Waals surface area contributed by atoms with Crippen LogP contribution in [-0.2, 0) is 15.3 Å². The lowest BCUT2D eigenvalue weighted by Crippen LogP contribution is -2.29. The Balaban J connectivity index is 1.64. The molecular formula is C23H24ClN5O2S. The third-order valence-corrected chi connectivity index (χ3v) is 6.35. The van der Waals surface area contributed by atoms with E-state index in [0.717, 1.165) is 24.0 Å². The number of thioether (sulfide) groups is 1. The zero-order chi connectivity index (χ0) is 22.5. The molecule has 0 radical (unpaired) electrons. The number of carbonyl (C=O) groups is 1. The Hall–Kier alpha value is -2.84. The molecule has 0 saturated carbocycles. The van der Waals surface area contributed by atoms with Gasteiger partial charge < -0.3 is 10.1 Å². The molecule has 0 bridgehead atoms. The molecule has 2 aromatic heterocycles. The van der Waals surface area contributed by atoms with Crippen LogP contribution in [0.1, 0.15) is 43.9 Å². The fourth-order valence-electron chi connectivity index (χ4n) is 3.45. The van der Waals surface area contributed by atoms with Crippen LogP contribution in [0, 0.1) is 0 Å². The molecular weight excluding hydrogens is 446 g/mol. The Kier molecular flexibility index (Phi) is 7.12. The maximum absolute atomic E-state index is 13.0. The van der Waals surface area contributed by atoms with Gasteiger partial charge in [0, 0.05) is 28.9 Å². The fourth-order valence-corrected chi connectivity index (χ4v) is 4.56. The van der Waals surface area contributed by atoms with Crippen molar-refractivity contribution in [2.75, 3.05) is 11.9 Å². The molecule has 32 heavy (non-hydrogen) atoms. The van der Waals surface area contributed by atoms with Crippen LogP contribution in [0.5, 0.6) is 0 Å². The first-order valence-corrected chi connectivity index (χ1v) is 11.8. The van der Waals surface area contributed by atoms with Gasteiger partial charge in [-0.1, -0.05) is 61.0 Å². The maximum Gasteiger partial charge on any atom is 0.338 e. The van der Waals surface area contributed by atoms with Crippen LogP contribution < -0.4 is 5.32 Å².